The van der Waals surface area contributed by atoms with Crippen LogP contribution in [0, 0.1) is 0 Å². The number of aliphatic carboxylic acids is 1. The lowest BCUT2D eigenvalue weighted by Gasteiger charge is -2.30. The number of likely N-dealkylation sites (N-methyl/N-ethyl adjacent to an activating group) is 1. The van der Waals surface area contributed by atoms with E-state index in [9.17, 15) is 39.3 Å². The fourth-order valence-corrected chi connectivity index (χ4v) is 6.99. The van der Waals surface area contributed by atoms with Gasteiger partial charge in [-0.3, -0.25) is 19.2 Å². The number of phenolic OH excluding ortho intramolecular Hbond substituents is 1. The Hall–Kier alpha value is -6.54. The number of benzene rings is 3. The summed E-state index contributed by atoms with van der Waals surface area (Å²) in [4.78, 5) is 77.3. The van der Waals surface area contributed by atoms with Crippen LogP contribution in [0.2, 0.25) is 5.15 Å². The number of nitrogens with one attached hydrogen (secondary N) is 3. The van der Waals surface area contributed by atoms with Gasteiger partial charge in [-0.25, -0.2) is 14.8 Å². The molecule has 19 nitrogen and oxygen atoms in total. The van der Waals surface area contributed by atoms with Crippen LogP contribution in [-0.4, -0.2) is 118 Å². The molecule has 342 valence electrons. The fraction of sp³-hybridized carbons (Fsp3) is 0.386. The summed E-state index contributed by atoms with van der Waals surface area (Å²) < 4.78 is 11.9. The van der Waals surface area contributed by atoms with Gasteiger partial charge in [-0.05, 0) is 66.3 Å². The number of carboxylic acid groups (broad SMARTS) is 1. The Morgan fingerprint density at radius 1 is 0.984 bits per heavy atom. The molecular formula is C44H54ClN9O10. The van der Waals surface area contributed by atoms with Crippen LogP contribution in [0.5, 0.6) is 17.2 Å². The molecular weight excluding hydrogens is 850 g/mol. The van der Waals surface area contributed by atoms with Crippen LogP contribution < -0.4 is 42.6 Å². The maximum Gasteiger partial charge on any atom is 0.326 e. The molecule has 20 heteroatoms. The van der Waals surface area contributed by atoms with Crippen LogP contribution in [-0.2, 0) is 31.0 Å². The molecule has 1 aliphatic heterocycles. The van der Waals surface area contributed by atoms with Crippen molar-refractivity contribution in [3.8, 4) is 39.8 Å². The highest BCUT2D eigenvalue weighted by molar-refractivity contribution is 6.33. The Bertz CT molecular complexity index is 2370. The normalized spacial score (nSPS) is 17.0. The smallest absolute Gasteiger partial charge is 0.326 e. The van der Waals surface area contributed by atoms with Gasteiger partial charge >= 0.3 is 5.97 Å². The third-order valence-corrected chi connectivity index (χ3v) is 10.7. The number of aliphatic hydroxyl groups excluding tert-OH is 1. The van der Waals surface area contributed by atoms with E-state index in [4.69, 9.17) is 38.3 Å². The summed E-state index contributed by atoms with van der Waals surface area (Å²) in [5.41, 5.74) is 19.5. The Balaban J connectivity index is 1.55. The Kier molecular flexibility index (Phi) is 15.7. The van der Waals surface area contributed by atoms with Gasteiger partial charge in [0.25, 0.3) is 5.91 Å². The largest absolute Gasteiger partial charge is 0.504 e. The van der Waals surface area contributed by atoms with Gasteiger partial charge in [-0.2, -0.15) is 0 Å². The number of phenols is 1. The summed E-state index contributed by atoms with van der Waals surface area (Å²) in [5.74, 6) is -5.37. The highest BCUT2D eigenvalue weighted by atomic mass is 35.5. The van der Waals surface area contributed by atoms with Gasteiger partial charge in [-0.15, -0.1) is 0 Å². The number of carboxylic acids is 1. The second-order valence-electron chi connectivity index (χ2n) is 16.3. The number of amides is 4. The standard InChI is InChI=1S/C44H54ClN9O10/c1-22-40(58)51-30(43(61)62)16-23-7-12-31(63-14-6-13-46)28(15-23)29-17-25(18-32(36(29)57)64-21-27(55)19-47)35(42(60)50-22)54(5)33(56)20-49-41(59)34-37(45)52-39(53-38(34)48)24-8-10-26(11-9-24)44(2,3)4/h7-12,15,17-18,22,27,30,35,55,57H,6,13-14,16,19-21,46-47H2,1-5H3,(H,49,59)(H,50,60)(H,51,58)(H,61,62)(H2,48,52,53)/t22-,27+,30-,35-/m0/s1. The Labute approximate surface area is 374 Å². The molecule has 1 aromatic heterocycles. The molecule has 0 saturated heterocycles. The van der Waals surface area contributed by atoms with Crippen molar-refractivity contribution in [2.75, 3.05) is 45.6 Å². The number of halogens is 1. The van der Waals surface area contributed by atoms with Crippen molar-refractivity contribution in [3.63, 3.8) is 0 Å². The third kappa shape index (κ3) is 11.5. The molecule has 4 aromatic rings. The maximum atomic E-state index is 14.4. The Morgan fingerprint density at radius 2 is 1.69 bits per heavy atom. The lowest BCUT2D eigenvalue weighted by Crippen LogP contribution is -2.53. The summed E-state index contributed by atoms with van der Waals surface area (Å²) in [5, 5.41) is 39.3. The zero-order valence-electron chi connectivity index (χ0n) is 36.1. The molecule has 0 spiro atoms. The van der Waals surface area contributed by atoms with E-state index in [-0.39, 0.29) is 82.1 Å². The van der Waals surface area contributed by atoms with Crippen LogP contribution in [0.15, 0.2) is 54.6 Å². The number of nitrogens with zero attached hydrogens (tertiary/aromatic N) is 3. The number of ether oxygens (including phenoxy) is 2. The van der Waals surface area contributed by atoms with Gasteiger partial charge in [0.15, 0.2) is 17.3 Å². The first kappa shape index (κ1) is 48.5. The molecule has 12 N–H and O–H groups in total. The van der Waals surface area contributed by atoms with Crippen molar-refractivity contribution in [1.82, 2.24) is 30.8 Å². The first-order valence-electron chi connectivity index (χ1n) is 20.4. The van der Waals surface area contributed by atoms with Crippen molar-refractivity contribution in [2.24, 2.45) is 11.5 Å². The number of carbonyl (C=O) groups is 5. The van der Waals surface area contributed by atoms with Gasteiger partial charge in [0.1, 0.15) is 53.1 Å². The summed E-state index contributed by atoms with van der Waals surface area (Å²) in [7, 11) is 1.27. The zero-order valence-corrected chi connectivity index (χ0v) is 36.9. The van der Waals surface area contributed by atoms with Crippen molar-refractivity contribution in [2.45, 2.75) is 70.2 Å². The summed E-state index contributed by atoms with van der Waals surface area (Å²) in [6, 6.07) is 10.5. The van der Waals surface area contributed by atoms with Gasteiger partial charge in [-0.1, -0.05) is 62.7 Å². The van der Waals surface area contributed by atoms with E-state index in [0.29, 0.717) is 24.1 Å². The molecule has 0 radical (unpaired) electrons. The summed E-state index contributed by atoms with van der Waals surface area (Å²) >= 11 is 6.48. The summed E-state index contributed by atoms with van der Waals surface area (Å²) in [6.45, 7) is 6.73. The lowest BCUT2D eigenvalue weighted by molar-refractivity contribution is -0.142. The summed E-state index contributed by atoms with van der Waals surface area (Å²) in [6.07, 6.45) is -0.904. The third-order valence-electron chi connectivity index (χ3n) is 10.4. The highest BCUT2D eigenvalue weighted by Gasteiger charge is 2.35. The van der Waals surface area contributed by atoms with Gasteiger partial charge < -0.3 is 62.8 Å². The minimum atomic E-state index is -1.61. The lowest BCUT2D eigenvalue weighted by atomic mass is 9.87. The number of hydrogen-bond acceptors (Lipinski definition) is 14. The molecule has 0 aliphatic carbocycles. The average Bonchev–Trinajstić information content (AvgIpc) is 3.24. The molecule has 1 aliphatic rings. The first-order chi connectivity index (χ1) is 30.2. The maximum absolute atomic E-state index is 14.4. The second kappa shape index (κ2) is 20.8. The topological polar surface area (TPSA) is 308 Å². The van der Waals surface area contributed by atoms with E-state index >= 15 is 0 Å². The number of carbonyl (C=O) groups excluding carboxylic acids is 4. The molecule has 0 fully saturated rings. The number of rotatable bonds is 14. The van der Waals surface area contributed by atoms with Crippen LogP contribution in [0.25, 0.3) is 22.5 Å². The average molecular weight is 904 g/mol. The number of hydrogen-bond donors (Lipinski definition) is 9. The number of nitrogens with two attached hydrogens (primary N) is 3. The molecule has 64 heavy (non-hydrogen) atoms. The zero-order chi connectivity index (χ0) is 47.0. The fourth-order valence-electron chi connectivity index (χ4n) is 6.72. The minimum absolute atomic E-state index is 0.0333. The van der Waals surface area contributed by atoms with Crippen molar-refractivity contribution >= 4 is 47.0 Å². The molecule has 4 atom stereocenters. The van der Waals surface area contributed by atoms with E-state index in [1.165, 1.54) is 26.1 Å². The number of aromatic nitrogens is 2. The van der Waals surface area contributed by atoms with Crippen molar-refractivity contribution in [3.05, 3.63) is 82.0 Å². The highest BCUT2D eigenvalue weighted by Crippen LogP contribution is 2.45. The van der Waals surface area contributed by atoms with E-state index in [2.05, 4.69) is 46.7 Å². The molecule has 0 unspecified atom stereocenters. The molecule has 3 aromatic carbocycles. The quantitative estimate of drug-likeness (QED) is 0.0646. The predicted octanol–water partition coefficient (Wildman–Crippen LogP) is 2.04. The monoisotopic (exact) mass is 903 g/mol. The van der Waals surface area contributed by atoms with E-state index in [0.717, 1.165) is 10.5 Å². The van der Waals surface area contributed by atoms with Crippen LogP contribution in [0.4, 0.5) is 5.82 Å². The molecule has 2 heterocycles. The number of fused-ring (bicyclic) bond motifs is 5. The Morgan fingerprint density at radius 3 is 2.31 bits per heavy atom. The van der Waals surface area contributed by atoms with Crippen LogP contribution >= 0.6 is 11.6 Å². The van der Waals surface area contributed by atoms with E-state index in [1.54, 1.807) is 18.2 Å². The predicted molar refractivity (Wildman–Crippen MR) is 238 cm³/mol. The second-order valence-corrected chi connectivity index (χ2v) is 16.6. The van der Waals surface area contributed by atoms with Crippen LogP contribution in [0.1, 0.15) is 67.2 Å². The van der Waals surface area contributed by atoms with Crippen molar-refractivity contribution in [1.29, 1.82) is 0 Å². The van der Waals surface area contributed by atoms with Gasteiger partial charge in [0.05, 0.1) is 13.2 Å². The SMILES string of the molecule is C[C@@H]1NC(=O)[C@@H](N(C)C(=O)CNC(=O)c2c(N)nc(-c3ccc(C(C)(C)C)cc3)nc2Cl)c2cc(OC[C@H](O)CN)c(O)c(c2)-c2cc(ccc2OCCCN)C[C@@H](C(=O)O)NC1=O. The van der Waals surface area contributed by atoms with Crippen molar-refractivity contribution < 1.29 is 48.8 Å². The molecule has 4 amide bonds. The first-order valence-corrected chi connectivity index (χ1v) is 20.8. The number of nitrogen functional groups attached to an aromatic ring is 1. The van der Waals surface area contributed by atoms with Gasteiger partial charge in [0.2, 0.25) is 17.7 Å². The number of aliphatic hydroxyl groups is 1. The number of aromatic hydroxyl groups is 1. The number of anilines is 1. The minimum Gasteiger partial charge on any atom is -0.504 e. The van der Waals surface area contributed by atoms with Crippen LogP contribution in [0.3, 0.4) is 0 Å². The van der Waals surface area contributed by atoms with E-state index < -0.39 is 66.1 Å². The van der Waals surface area contributed by atoms with Gasteiger partial charge in [0, 0.05) is 36.7 Å². The molecule has 4 bridgehead atoms. The molecule has 5 rings (SSSR count). The van der Waals surface area contributed by atoms with E-state index in [1.807, 2.05) is 24.3 Å². The molecule has 0 saturated carbocycles.